The van der Waals surface area contributed by atoms with Gasteiger partial charge in [-0.25, -0.2) is 17.8 Å². The molecule has 14 nitrogen and oxygen atoms in total. The highest BCUT2D eigenvalue weighted by atomic mass is 19.1. The van der Waals surface area contributed by atoms with Gasteiger partial charge >= 0.3 is 0 Å². The van der Waals surface area contributed by atoms with E-state index in [4.69, 9.17) is 18.9 Å². The lowest BCUT2D eigenvalue weighted by molar-refractivity contribution is 0.0923. The van der Waals surface area contributed by atoms with Crippen molar-refractivity contribution in [1.82, 2.24) is 39.8 Å². The Hall–Kier alpha value is -6.32. The number of benzene rings is 2. The van der Waals surface area contributed by atoms with Crippen molar-refractivity contribution >= 4 is 23.1 Å². The van der Waals surface area contributed by atoms with E-state index in [-0.39, 0.29) is 59.6 Å². The number of carbonyl (C=O) groups is 2. The van der Waals surface area contributed by atoms with Crippen LogP contribution in [-0.2, 0) is 0 Å². The minimum absolute atomic E-state index is 0.0523. The molecule has 0 radical (unpaired) electrons. The summed E-state index contributed by atoms with van der Waals surface area (Å²) in [4.78, 5) is 36.0. The van der Waals surface area contributed by atoms with Crippen molar-refractivity contribution in [2.75, 3.05) is 19.7 Å². The topological polar surface area (TPSA) is 155 Å². The van der Waals surface area contributed by atoms with Crippen molar-refractivity contribution < 1.29 is 37.3 Å². The molecule has 2 amide bonds. The average molecular weight is 683 g/mol. The van der Waals surface area contributed by atoms with Gasteiger partial charge in [0.15, 0.2) is 17.4 Å². The molecule has 2 aliphatic rings. The lowest BCUT2D eigenvalue weighted by Gasteiger charge is -2.25. The molecule has 0 aliphatic carbocycles. The normalized spacial score (nSPS) is 19.4. The second-order valence-electron chi connectivity index (χ2n) is 11.7. The Balaban J connectivity index is 1.28. The molecule has 4 bridgehead atoms. The number of ether oxygens (including phenoxy) is 4. The number of fused-ring (bicyclic) bond motifs is 4. The predicted molar refractivity (Wildman–Crippen MR) is 170 cm³/mol. The van der Waals surface area contributed by atoms with E-state index in [9.17, 15) is 18.4 Å². The molecule has 2 N–H and O–H groups in total. The zero-order valence-corrected chi connectivity index (χ0v) is 26.6. The highest BCUT2D eigenvalue weighted by Crippen LogP contribution is 2.35. The van der Waals surface area contributed by atoms with E-state index in [2.05, 4.69) is 30.8 Å². The van der Waals surface area contributed by atoms with E-state index in [1.807, 2.05) is 0 Å². The summed E-state index contributed by atoms with van der Waals surface area (Å²) in [6.45, 7) is 3.54. The third kappa shape index (κ3) is 5.63. The first kappa shape index (κ1) is 31.0. The molecule has 3 atom stereocenters. The van der Waals surface area contributed by atoms with Crippen LogP contribution >= 0.6 is 0 Å². The third-order valence-corrected chi connectivity index (χ3v) is 8.42. The standard InChI is InChI=1S/C34H28F2N8O6/c1-17-21-11-19(35)3-5-26(21)47-10-8-37-33(45)24-15-40-44-25(13-30(49-17)42-32(24)44)28-16-38-34(46)23-14-39-43-9-7-29(41-31(23)43)48-18(2)22-12-20(36)4-6-27(22)50-28/h3-7,9,11-15,17-18,28H,8,10,16H2,1-2H3,(H,37,45)(H,38,46)/t17-,18?,28?/m1/s1. The van der Waals surface area contributed by atoms with E-state index >= 15 is 0 Å². The van der Waals surface area contributed by atoms with Gasteiger partial charge in [0.1, 0.15) is 53.1 Å². The Morgan fingerprint density at radius 3 is 2.22 bits per heavy atom. The molecule has 50 heavy (non-hydrogen) atoms. The van der Waals surface area contributed by atoms with Gasteiger partial charge in [0.05, 0.1) is 31.2 Å². The summed E-state index contributed by atoms with van der Waals surface area (Å²) in [6, 6.07) is 11.2. The van der Waals surface area contributed by atoms with Crippen LogP contribution in [0.15, 0.2) is 67.1 Å². The maximum Gasteiger partial charge on any atom is 0.256 e. The summed E-state index contributed by atoms with van der Waals surface area (Å²) in [5.41, 5.74) is 1.81. The molecule has 0 spiro atoms. The fourth-order valence-electron chi connectivity index (χ4n) is 5.95. The van der Waals surface area contributed by atoms with Crippen LogP contribution in [0.4, 0.5) is 8.78 Å². The van der Waals surface area contributed by atoms with Gasteiger partial charge in [0, 0.05) is 29.5 Å². The Bertz CT molecular complexity index is 2310. The van der Waals surface area contributed by atoms with E-state index in [0.717, 1.165) is 0 Å². The molecular weight excluding hydrogens is 654 g/mol. The minimum Gasteiger partial charge on any atom is -0.491 e. The number of carbonyl (C=O) groups excluding carboxylic acids is 2. The quantitative estimate of drug-likeness (QED) is 0.256. The molecule has 2 unspecified atom stereocenters. The van der Waals surface area contributed by atoms with Gasteiger partial charge in [-0.1, -0.05) is 0 Å². The smallest absolute Gasteiger partial charge is 0.256 e. The fraction of sp³-hybridized carbons (Fsp3) is 0.235. The zero-order chi connectivity index (χ0) is 34.5. The molecule has 254 valence electrons. The molecule has 6 heterocycles. The molecule has 2 aliphatic heterocycles. The van der Waals surface area contributed by atoms with Gasteiger partial charge in [-0.15, -0.1) is 0 Å². The van der Waals surface area contributed by atoms with E-state index < -0.39 is 41.8 Å². The van der Waals surface area contributed by atoms with Crippen LogP contribution in [0.5, 0.6) is 23.3 Å². The SMILES string of the molecule is CC1Oc2ccn3ncc(c3n2)C(=O)NCC(c2cc3nc4c(cnn24)C(=O)NCCOc2ccc(F)cc2[C@@H](C)O3)Oc2ccc(F)cc21. The van der Waals surface area contributed by atoms with Gasteiger partial charge in [0.25, 0.3) is 11.8 Å². The number of aromatic nitrogens is 6. The first-order valence-electron chi connectivity index (χ1n) is 15.7. The Labute approximate surface area is 282 Å². The van der Waals surface area contributed by atoms with E-state index in [1.54, 1.807) is 32.2 Å². The Kier molecular flexibility index (Phi) is 7.61. The minimum atomic E-state index is -1.03. The Morgan fingerprint density at radius 1 is 0.760 bits per heavy atom. The monoisotopic (exact) mass is 682 g/mol. The van der Waals surface area contributed by atoms with Crippen molar-refractivity contribution in [3.05, 3.63) is 107 Å². The number of amides is 2. The van der Waals surface area contributed by atoms with Crippen LogP contribution in [0, 0.1) is 11.6 Å². The second-order valence-corrected chi connectivity index (χ2v) is 11.7. The van der Waals surface area contributed by atoms with Crippen LogP contribution in [0.3, 0.4) is 0 Å². The molecule has 0 saturated heterocycles. The first-order chi connectivity index (χ1) is 24.2. The van der Waals surface area contributed by atoms with Gasteiger partial charge in [-0.2, -0.15) is 20.2 Å². The van der Waals surface area contributed by atoms with E-state index in [0.29, 0.717) is 22.6 Å². The largest absolute Gasteiger partial charge is 0.491 e. The summed E-state index contributed by atoms with van der Waals surface area (Å²) >= 11 is 0. The lowest BCUT2D eigenvalue weighted by atomic mass is 10.1. The van der Waals surface area contributed by atoms with Crippen LogP contribution in [0.25, 0.3) is 11.3 Å². The lowest BCUT2D eigenvalue weighted by Crippen LogP contribution is -2.32. The number of hydrogen-bond donors (Lipinski definition) is 2. The Morgan fingerprint density at radius 2 is 1.42 bits per heavy atom. The van der Waals surface area contributed by atoms with Crippen LogP contribution in [0.1, 0.15) is 69.7 Å². The first-order valence-corrected chi connectivity index (χ1v) is 15.7. The maximum absolute atomic E-state index is 14.7. The molecule has 6 aromatic rings. The number of halogens is 2. The molecule has 0 saturated carbocycles. The van der Waals surface area contributed by atoms with Gasteiger partial charge < -0.3 is 29.6 Å². The average Bonchev–Trinajstić information content (AvgIpc) is 3.73. The summed E-state index contributed by atoms with van der Waals surface area (Å²) in [5.74, 6) is -1.10. The van der Waals surface area contributed by atoms with Gasteiger partial charge in [-0.05, 0) is 50.2 Å². The highest BCUT2D eigenvalue weighted by Gasteiger charge is 2.29. The van der Waals surface area contributed by atoms with E-state index in [1.165, 1.54) is 57.8 Å². The highest BCUT2D eigenvalue weighted by molar-refractivity contribution is 6.00. The van der Waals surface area contributed by atoms with Crippen molar-refractivity contribution in [2.24, 2.45) is 0 Å². The van der Waals surface area contributed by atoms with Gasteiger partial charge in [-0.3, -0.25) is 9.59 Å². The fourth-order valence-corrected chi connectivity index (χ4v) is 5.95. The second kappa shape index (κ2) is 12.3. The number of hydrogen-bond acceptors (Lipinski definition) is 10. The number of rotatable bonds is 1. The molecule has 2 aromatic carbocycles. The molecule has 16 heteroatoms. The van der Waals surface area contributed by atoms with Crippen molar-refractivity contribution in [1.29, 1.82) is 0 Å². The molecule has 8 rings (SSSR count). The van der Waals surface area contributed by atoms with Crippen molar-refractivity contribution in [3.63, 3.8) is 0 Å². The summed E-state index contributed by atoms with van der Waals surface area (Å²) < 4.78 is 56.8. The zero-order valence-electron chi connectivity index (χ0n) is 26.6. The summed E-state index contributed by atoms with van der Waals surface area (Å²) in [6.07, 6.45) is 1.82. The maximum atomic E-state index is 14.7. The van der Waals surface area contributed by atoms with Crippen LogP contribution in [0.2, 0.25) is 0 Å². The molecular formula is C34H28F2N8O6. The molecule has 4 aromatic heterocycles. The summed E-state index contributed by atoms with van der Waals surface area (Å²) in [5, 5.41) is 14.4. The van der Waals surface area contributed by atoms with Crippen LogP contribution in [-0.4, -0.2) is 60.7 Å². The van der Waals surface area contributed by atoms with Gasteiger partial charge in [0.2, 0.25) is 11.8 Å². The van der Waals surface area contributed by atoms with Crippen molar-refractivity contribution in [2.45, 2.75) is 32.2 Å². The number of nitrogens with zero attached hydrogens (tertiary/aromatic N) is 6. The summed E-state index contributed by atoms with van der Waals surface area (Å²) in [7, 11) is 0. The van der Waals surface area contributed by atoms with Crippen molar-refractivity contribution in [3.8, 4) is 23.3 Å². The predicted octanol–water partition coefficient (Wildman–Crippen LogP) is 4.32. The third-order valence-electron chi connectivity index (χ3n) is 8.42. The molecule has 0 fully saturated rings. The van der Waals surface area contributed by atoms with Crippen LogP contribution < -0.4 is 29.6 Å². The number of nitrogens with one attached hydrogen (secondary N) is 2.